The Labute approximate surface area is 109 Å². The smallest absolute Gasteiger partial charge is 0.389 e. The molecule has 0 saturated heterocycles. The SMILES string of the molecule is NC(=S)Cc1ccc(OCCCC(F)(F)F)cc1. The van der Waals surface area contributed by atoms with Gasteiger partial charge in [0.2, 0.25) is 0 Å². The normalized spacial score (nSPS) is 11.3. The van der Waals surface area contributed by atoms with E-state index >= 15 is 0 Å². The highest BCUT2D eigenvalue weighted by Gasteiger charge is 2.26. The first-order chi connectivity index (χ1) is 8.37. The lowest BCUT2D eigenvalue weighted by Gasteiger charge is -2.08. The van der Waals surface area contributed by atoms with Gasteiger partial charge in [-0.1, -0.05) is 24.4 Å². The van der Waals surface area contributed by atoms with E-state index in [0.29, 0.717) is 17.2 Å². The van der Waals surface area contributed by atoms with E-state index in [1.54, 1.807) is 24.3 Å². The minimum absolute atomic E-state index is 0.0435. The van der Waals surface area contributed by atoms with Gasteiger partial charge in [-0.2, -0.15) is 13.2 Å². The van der Waals surface area contributed by atoms with Gasteiger partial charge in [0.05, 0.1) is 11.6 Å². The fraction of sp³-hybridized carbons (Fsp3) is 0.417. The molecule has 0 spiro atoms. The summed E-state index contributed by atoms with van der Waals surface area (Å²) in [6.07, 6.45) is -4.49. The maximum Gasteiger partial charge on any atom is 0.389 e. The van der Waals surface area contributed by atoms with Crippen LogP contribution in [0.1, 0.15) is 18.4 Å². The molecule has 1 rings (SSSR count). The third-order valence-corrected chi connectivity index (χ3v) is 2.32. The number of thiocarbonyl (C=S) groups is 1. The highest BCUT2D eigenvalue weighted by molar-refractivity contribution is 7.80. The Morgan fingerprint density at radius 2 is 1.83 bits per heavy atom. The molecule has 0 atom stereocenters. The van der Waals surface area contributed by atoms with Gasteiger partial charge in [-0.05, 0) is 24.1 Å². The summed E-state index contributed by atoms with van der Waals surface area (Å²) in [5.74, 6) is 0.545. The Morgan fingerprint density at radius 3 is 2.33 bits per heavy atom. The summed E-state index contributed by atoms with van der Waals surface area (Å²) in [4.78, 5) is 0.397. The van der Waals surface area contributed by atoms with Crippen molar-refractivity contribution in [3.63, 3.8) is 0 Å². The summed E-state index contributed by atoms with van der Waals surface area (Å²) < 4.78 is 40.8. The van der Waals surface area contributed by atoms with Gasteiger partial charge >= 0.3 is 6.18 Å². The molecule has 0 bridgehead atoms. The Balaban J connectivity index is 2.33. The monoisotopic (exact) mass is 277 g/mol. The summed E-state index contributed by atoms with van der Waals surface area (Å²) >= 11 is 4.77. The summed E-state index contributed by atoms with van der Waals surface area (Å²) in [5.41, 5.74) is 6.34. The average Bonchev–Trinajstić information content (AvgIpc) is 2.24. The van der Waals surface area contributed by atoms with Crippen molar-refractivity contribution in [1.82, 2.24) is 0 Å². The van der Waals surface area contributed by atoms with Gasteiger partial charge in [0.25, 0.3) is 0 Å². The number of alkyl halides is 3. The van der Waals surface area contributed by atoms with E-state index in [9.17, 15) is 13.2 Å². The first-order valence-electron chi connectivity index (χ1n) is 5.43. The standard InChI is InChI=1S/C12H14F3NOS/c13-12(14,15)6-1-7-17-10-4-2-9(3-5-10)8-11(16)18/h2-5H,1,6-8H2,(H2,16,18). The van der Waals surface area contributed by atoms with E-state index in [-0.39, 0.29) is 13.0 Å². The van der Waals surface area contributed by atoms with Gasteiger partial charge in [-0.15, -0.1) is 0 Å². The molecule has 0 radical (unpaired) electrons. The highest BCUT2D eigenvalue weighted by atomic mass is 32.1. The van der Waals surface area contributed by atoms with Gasteiger partial charge in [-0.25, -0.2) is 0 Å². The summed E-state index contributed by atoms with van der Waals surface area (Å²) in [6, 6.07) is 6.97. The zero-order valence-corrected chi connectivity index (χ0v) is 10.5. The molecule has 0 heterocycles. The van der Waals surface area contributed by atoms with Gasteiger partial charge in [-0.3, -0.25) is 0 Å². The van der Waals surface area contributed by atoms with Crippen LogP contribution < -0.4 is 10.5 Å². The first-order valence-corrected chi connectivity index (χ1v) is 5.84. The second kappa shape index (κ2) is 6.58. The minimum Gasteiger partial charge on any atom is -0.494 e. The van der Waals surface area contributed by atoms with Gasteiger partial charge in [0.15, 0.2) is 0 Å². The van der Waals surface area contributed by atoms with Crippen LogP contribution in [0.3, 0.4) is 0 Å². The highest BCUT2D eigenvalue weighted by Crippen LogP contribution is 2.21. The van der Waals surface area contributed by atoms with Crippen LogP contribution in [-0.2, 0) is 6.42 Å². The molecule has 0 aliphatic rings. The molecule has 18 heavy (non-hydrogen) atoms. The molecule has 0 aliphatic carbocycles. The lowest BCUT2D eigenvalue weighted by molar-refractivity contribution is -0.136. The maximum atomic E-state index is 11.9. The fourth-order valence-corrected chi connectivity index (χ4v) is 1.53. The minimum atomic E-state index is -4.12. The van der Waals surface area contributed by atoms with Crippen LogP contribution in [0.5, 0.6) is 5.75 Å². The molecule has 100 valence electrons. The Bertz CT molecular complexity index is 389. The predicted molar refractivity (Wildman–Crippen MR) is 67.7 cm³/mol. The van der Waals surface area contributed by atoms with Crippen LogP contribution in [0.25, 0.3) is 0 Å². The second-order valence-corrected chi connectivity index (χ2v) is 4.38. The molecule has 0 aliphatic heterocycles. The number of nitrogens with two attached hydrogens (primary N) is 1. The fourth-order valence-electron chi connectivity index (χ4n) is 1.37. The molecule has 0 amide bonds. The molecule has 0 fully saturated rings. The molecule has 0 aromatic heterocycles. The first kappa shape index (κ1) is 14.8. The van der Waals surface area contributed by atoms with Crippen molar-refractivity contribution in [3.8, 4) is 5.75 Å². The van der Waals surface area contributed by atoms with Gasteiger partial charge < -0.3 is 10.5 Å². The van der Waals surface area contributed by atoms with Crippen molar-refractivity contribution in [3.05, 3.63) is 29.8 Å². The maximum absolute atomic E-state index is 11.9. The molecule has 2 nitrogen and oxygen atoms in total. The van der Waals surface area contributed by atoms with Crippen molar-refractivity contribution in [1.29, 1.82) is 0 Å². The van der Waals surface area contributed by atoms with Crippen LogP contribution in [0, 0.1) is 0 Å². The molecule has 1 aromatic carbocycles. The number of halogens is 3. The van der Waals surface area contributed by atoms with Crippen LogP contribution in [-0.4, -0.2) is 17.8 Å². The van der Waals surface area contributed by atoms with Gasteiger partial charge in [0, 0.05) is 12.8 Å². The molecule has 0 unspecified atom stereocenters. The van der Waals surface area contributed by atoms with E-state index in [0.717, 1.165) is 5.56 Å². The lowest BCUT2D eigenvalue weighted by atomic mass is 10.1. The van der Waals surface area contributed by atoms with Gasteiger partial charge in [0.1, 0.15) is 5.75 Å². The average molecular weight is 277 g/mol. The molecular weight excluding hydrogens is 263 g/mol. The van der Waals surface area contributed by atoms with Crippen LogP contribution >= 0.6 is 12.2 Å². The number of hydrogen-bond donors (Lipinski definition) is 1. The third-order valence-electron chi connectivity index (χ3n) is 2.18. The Hall–Kier alpha value is -1.30. The zero-order valence-electron chi connectivity index (χ0n) is 9.67. The van der Waals surface area contributed by atoms with Crippen molar-refractivity contribution < 1.29 is 17.9 Å². The quantitative estimate of drug-likeness (QED) is 0.640. The van der Waals surface area contributed by atoms with Crippen LogP contribution in [0.15, 0.2) is 24.3 Å². The second-order valence-electron chi connectivity index (χ2n) is 3.85. The van der Waals surface area contributed by atoms with E-state index in [1.807, 2.05) is 0 Å². The number of hydrogen-bond acceptors (Lipinski definition) is 2. The number of benzene rings is 1. The van der Waals surface area contributed by atoms with Crippen LogP contribution in [0.2, 0.25) is 0 Å². The predicted octanol–water partition coefficient (Wildman–Crippen LogP) is 3.24. The summed E-state index contributed by atoms with van der Waals surface area (Å²) in [7, 11) is 0. The Morgan fingerprint density at radius 1 is 1.22 bits per heavy atom. The molecule has 2 N–H and O–H groups in total. The molecule has 0 saturated carbocycles. The van der Waals surface area contributed by atoms with E-state index in [1.165, 1.54) is 0 Å². The molecule has 1 aromatic rings. The zero-order chi connectivity index (χ0) is 13.6. The Kier molecular flexibility index (Phi) is 5.40. The van der Waals surface area contributed by atoms with Crippen molar-refractivity contribution in [2.45, 2.75) is 25.4 Å². The van der Waals surface area contributed by atoms with E-state index < -0.39 is 12.6 Å². The van der Waals surface area contributed by atoms with Crippen molar-refractivity contribution in [2.24, 2.45) is 5.73 Å². The van der Waals surface area contributed by atoms with E-state index in [4.69, 9.17) is 22.7 Å². The molecule has 6 heteroatoms. The van der Waals surface area contributed by atoms with Crippen molar-refractivity contribution in [2.75, 3.05) is 6.61 Å². The summed E-state index contributed by atoms with van der Waals surface area (Å²) in [6.45, 7) is 0.0498. The van der Waals surface area contributed by atoms with Crippen molar-refractivity contribution >= 4 is 17.2 Å². The topological polar surface area (TPSA) is 35.2 Å². The van der Waals surface area contributed by atoms with E-state index in [2.05, 4.69) is 0 Å². The third kappa shape index (κ3) is 6.44. The number of ether oxygens (including phenoxy) is 1. The number of rotatable bonds is 6. The lowest BCUT2D eigenvalue weighted by Crippen LogP contribution is -2.11. The molecular formula is C12H14F3NOS. The largest absolute Gasteiger partial charge is 0.494 e. The summed E-state index contributed by atoms with van der Waals surface area (Å²) in [5, 5.41) is 0. The van der Waals surface area contributed by atoms with Crippen LogP contribution in [0.4, 0.5) is 13.2 Å².